The van der Waals surface area contributed by atoms with Crippen molar-refractivity contribution in [3.8, 4) is 0 Å². The van der Waals surface area contributed by atoms with E-state index in [1.54, 1.807) is 0 Å². The monoisotopic (exact) mass is 328 g/mol. The van der Waals surface area contributed by atoms with Gasteiger partial charge in [-0.1, -0.05) is 20.3 Å². The van der Waals surface area contributed by atoms with Crippen molar-refractivity contribution in [2.45, 2.75) is 45.6 Å². The molecule has 4 atom stereocenters. The molecule has 1 amide bonds. The van der Waals surface area contributed by atoms with Gasteiger partial charge in [0.05, 0.1) is 6.61 Å². The number of guanidine groups is 1. The second-order valence-corrected chi connectivity index (χ2v) is 5.44. The van der Waals surface area contributed by atoms with E-state index in [0.29, 0.717) is 6.61 Å². The number of rotatable bonds is 7. The molecule has 130 valence electrons. The number of ether oxygens (including phenoxy) is 2. The fraction of sp³-hybridized carbons (Fsp3) is 0.643. The fourth-order valence-corrected chi connectivity index (χ4v) is 1.97. The van der Waals surface area contributed by atoms with Gasteiger partial charge in [-0.3, -0.25) is 4.79 Å². The van der Waals surface area contributed by atoms with Crippen LogP contribution in [0.4, 0.5) is 0 Å². The number of carbonyl (C=O) groups excluding carboxylic acids is 1. The van der Waals surface area contributed by atoms with Crippen molar-refractivity contribution in [2.75, 3.05) is 6.61 Å². The van der Waals surface area contributed by atoms with Gasteiger partial charge in [0.2, 0.25) is 18.0 Å². The van der Waals surface area contributed by atoms with Gasteiger partial charge in [0.25, 0.3) is 0 Å². The highest BCUT2D eigenvalue weighted by Crippen LogP contribution is 2.23. The van der Waals surface area contributed by atoms with Gasteiger partial charge in [-0.15, -0.1) is 0 Å². The molecule has 0 aromatic carbocycles. The van der Waals surface area contributed by atoms with Gasteiger partial charge in [0.15, 0.2) is 5.96 Å². The lowest BCUT2D eigenvalue weighted by atomic mass is 10.0. The van der Waals surface area contributed by atoms with E-state index >= 15 is 0 Å². The van der Waals surface area contributed by atoms with Crippen molar-refractivity contribution < 1.29 is 24.2 Å². The number of nitrogens with zero attached hydrogens (tertiary/aromatic N) is 1. The van der Waals surface area contributed by atoms with Gasteiger partial charge in [-0.05, 0) is 12.0 Å². The van der Waals surface area contributed by atoms with Crippen LogP contribution in [0.25, 0.3) is 0 Å². The molecule has 1 unspecified atom stereocenters. The van der Waals surface area contributed by atoms with E-state index in [9.17, 15) is 9.59 Å². The summed E-state index contributed by atoms with van der Waals surface area (Å²) in [6, 6.07) is -1.53. The molecule has 0 spiro atoms. The zero-order chi connectivity index (χ0) is 17.6. The van der Waals surface area contributed by atoms with E-state index < -0.39 is 24.3 Å². The summed E-state index contributed by atoms with van der Waals surface area (Å²) in [6.45, 7) is 5.66. The van der Waals surface area contributed by atoms with Gasteiger partial charge < -0.3 is 31.4 Å². The normalized spacial score (nSPS) is 24.8. The first-order valence-corrected chi connectivity index (χ1v) is 7.33. The number of nitrogens with two attached hydrogens (primary N) is 2. The summed E-state index contributed by atoms with van der Waals surface area (Å²) in [5.74, 6) is -1.90. The summed E-state index contributed by atoms with van der Waals surface area (Å²) in [6.07, 6.45) is 1.12. The molecule has 0 fully saturated rings. The Morgan fingerprint density at radius 2 is 2.17 bits per heavy atom. The van der Waals surface area contributed by atoms with Crippen molar-refractivity contribution >= 4 is 17.8 Å². The lowest BCUT2D eigenvalue weighted by molar-refractivity contribution is -0.169. The molecule has 0 aromatic heterocycles. The van der Waals surface area contributed by atoms with E-state index in [0.717, 1.165) is 6.42 Å². The highest BCUT2D eigenvalue weighted by atomic mass is 16.7. The summed E-state index contributed by atoms with van der Waals surface area (Å²) < 4.78 is 11.0. The number of aliphatic carboxylic acids is 1. The lowest BCUT2D eigenvalue weighted by Crippen LogP contribution is -2.54. The molecule has 6 N–H and O–H groups in total. The van der Waals surface area contributed by atoms with Crippen LogP contribution in [0, 0.1) is 5.92 Å². The Bertz CT molecular complexity index is 501. The maximum atomic E-state index is 11.4. The third kappa shape index (κ3) is 5.78. The highest BCUT2D eigenvalue weighted by Gasteiger charge is 2.38. The van der Waals surface area contributed by atoms with Gasteiger partial charge in [0.1, 0.15) is 12.1 Å². The molecule has 1 aliphatic rings. The van der Waals surface area contributed by atoms with Gasteiger partial charge in [-0.2, -0.15) is 0 Å². The summed E-state index contributed by atoms with van der Waals surface area (Å²) in [5.41, 5.74) is 10.8. The third-order valence-electron chi connectivity index (χ3n) is 3.35. The molecule has 1 heterocycles. The maximum absolute atomic E-state index is 11.4. The number of nitrogens with one attached hydrogen (secondary N) is 1. The topological polar surface area (TPSA) is 149 Å². The number of aliphatic imine (C=N–C) groups is 1. The van der Waals surface area contributed by atoms with Crippen LogP contribution in [0.1, 0.15) is 27.2 Å². The first-order chi connectivity index (χ1) is 10.7. The van der Waals surface area contributed by atoms with Crippen LogP contribution in [0.5, 0.6) is 0 Å². The Kier molecular flexibility index (Phi) is 6.83. The molecule has 0 bridgehead atoms. The van der Waals surface area contributed by atoms with Gasteiger partial charge >= 0.3 is 5.97 Å². The molecular formula is C14H24N4O5. The van der Waals surface area contributed by atoms with Crippen LogP contribution in [-0.4, -0.2) is 47.9 Å². The zero-order valence-electron chi connectivity index (χ0n) is 13.5. The second kappa shape index (κ2) is 8.37. The molecule has 1 rings (SSSR count). The molecule has 0 saturated carbocycles. The first-order valence-electron chi connectivity index (χ1n) is 7.33. The highest BCUT2D eigenvalue weighted by molar-refractivity contribution is 5.85. The Labute approximate surface area is 134 Å². The Hall–Kier alpha value is -2.29. The predicted octanol–water partition coefficient (Wildman–Crippen LogP) is -0.479. The predicted molar refractivity (Wildman–Crippen MR) is 83.2 cm³/mol. The van der Waals surface area contributed by atoms with E-state index in [4.69, 9.17) is 26.0 Å². The average molecular weight is 328 g/mol. The quantitative estimate of drug-likeness (QED) is 0.364. The molecule has 1 aliphatic heterocycles. The number of carboxylic acid groups (broad SMARTS) is 1. The first kappa shape index (κ1) is 18.8. The fourth-order valence-electron chi connectivity index (χ4n) is 1.97. The molecule has 9 heteroatoms. The summed E-state index contributed by atoms with van der Waals surface area (Å²) in [5, 5.41) is 11.8. The molecule has 0 saturated heterocycles. The minimum Gasteiger partial charge on any atom is -0.475 e. The lowest BCUT2D eigenvalue weighted by Gasteiger charge is -2.35. The number of hydrogen-bond donors (Lipinski definition) is 4. The number of carbonyl (C=O) groups is 2. The standard InChI is InChI=1S/C14H24N4O5/c1-4-7(2)6-22-13-11(17-8(3)19)9(18-14(15)16)5-10(23-13)12(20)21/h5,7,9,11,13H,4,6H2,1-3H3,(H,17,19)(H,20,21)(H4,15,16,18)/t7?,9-,11+,13+/m0/s1. The van der Waals surface area contributed by atoms with Gasteiger partial charge in [0, 0.05) is 6.92 Å². The molecule has 0 radical (unpaired) electrons. The van der Waals surface area contributed by atoms with Crippen molar-refractivity contribution in [3.63, 3.8) is 0 Å². The maximum Gasteiger partial charge on any atom is 0.371 e. The van der Waals surface area contributed by atoms with Crippen molar-refractivity contribution in [3.05, 3.63) is 11.8 Å². The van der Waals surface area contributed by atoms with Crippen LogP contribution < -0.4 is 16.8 Å². The number of hydrogen-bond acceptors (Lipinski definition) is 5. The van der Waals surface area contributed by atoms with Crippen LogP contribution in [0.15, 0.2) is 16.8 Å². The van der Waals surface area contributed by atoms with Crippen LogP contribution in [0.3, 0.4) is 0 Å². The number of amides is 1. The molecular weight excluding hydrogens is 304 g/mol. The third-order valence-corrected chi connectivity index (χ3v) is 3.35. The van der Waals surface area contributed by atoms with Gasteiger partial charge in [-0.25, -0.2) is 9.79 Å². The van der Waals surface area contributed by atoms with Crippen molar-refractivity contribution in [1.29, 1.82) is 0 Å². The van der Waals surface area contributed by atoms with Crippen molar-refractivity contribution in [1.82, 2.24) is 5.32 Å². The SMILES string of the molecule is CCC(C)CO[C@@H]1OC(C(=O)O)=C[C@H](N=C(N)N)[C@H]1NC(C)=O. The smallest absolute Gasteiger partial charge is 0.371 e. The summed E-state index contributed by atoms with van der Waals surface area (Å²) in [4.78, 5) is 26.6. The minimum absolute atomic E-state index is 0.228. The molecule has 9 nitrogen and oxygen atoms in total. The van der Waals surface area contributed by atoms with Crippen molar-refractivity contribution in [2.24, 2.45) is 22.4 Å². The Morgan fingerprint density at radius 3 is 2.65 bits per heavy atom. The van der Waals surface area contributed by atoms with Crippen LogP contribution >= 0.6 is 0 Å². The molecule has 0 aliphatic carbocycles. The number of carboxylic acids is 1. The van der Waals surface area contributed by atoms with Crippen LogP contribution in [-0.2, 0) is 19.1 Å². The summed E-state index contributed by atoms with van der Waals surface area (Å²) in [7, 11) is 0. The average Bonchev–Trinajstić information content (AvgIpc) is 2.45. The second-order valence-electron chi connectivity index (χ2n) is 5.44. The molecule has 23 heavy (non-hydrogen) atoms. The van der Waals surface area contributed by atoms with E-state index in [-0.39, 0.29) is 23.5 Å². The Balaban J connectivity index is 3.07. The van der Waals surface area contributed by atoms with E-state index in [1.807, 2.05) is 13.8 Å². The minimum atomic E-state index is -1.26. The molecule has 0 aromatic rings. The largest absolute Gasteiger partial charge is 0.475 e. The van der Waals surface area contributed by atoms with E-state index in [2.05, 4.69) is 10.3 Å². The van der Waals surface area contributed by atoms with E-state index in [1.165, 1.54) is 13.0 Å². The zero-order valence-corrected chi connectivity index (χ0v) is 13.5. The van der Waals surface area contributed by atoms with Crippen LogP contribution in [0.2, 0.25) is 0 Å². The Morgan fingerprint density at radius 1 is 1.52 bits per heavy atom. The summed E-state index contributed by atoms with van der Waals surface area (Å²) >= 11 is 0.